The Hall–Kier alpha value is -1.51. The molecule has 1 aromatic carbocycles. The van der Waals surface area contributed by atoms with E-state index in [-0.39, 0.29) is 11.1 Å². The molecule has 0 aliphatic heterocycles. The van der Waals surface area contributed by atoms with E-state index in [4.69, 9.17) is 5.73 Å². The summed E-state index contributed by atoms with van der Waals surface area (Å²) in [5.74, 6) is 0. The Morgan fingerprint density at radius 2 is 2.00 bits per heavy atom. The first-order valence-electron chi connectivity index (χ1n) is 3.32. The highest BCUT2D eigenvalue weighted by molar-refractivity contribution is 5.51. The summed E-state index contributed by atoms with van der Waals surface area (Å²) in [6.07, 6.45) is 0. The standard InChI is InChI=1S/C8H10N2O/c1-10-7-5-3-2-4-6(9)8(7)11/h2-5H,1H3,(H3,9,10,11). The SMILES string of the molecule is CNc1ccccc(N)c1=O. The Kier molecular flexibility index (Phi) is 2.11. The maximum absolute atomic E-state index is 11.2. The van der Waals surface area contributed by atoms with Crippen molar-refractivity contribution in [3.8, 4) is 0 Å². The highest BCUT2D eigenvalue weighted by atomic mass is 16.1. The van der Waals surface area contributed by atoms with Gasteiger partial charge in [0.1, 0.15) is 0 Å². The van der Waals surface area contributed by atoms with Crippen molar-refractivity contribution in [1.29, 1.82) is 0 Å². The second-order valence-electron chi connectivity index (χ2n) is 2.17. The summed E-state index contributed by atoms with van der Waals surface area (Å²) in [5.41, 5.74) is 6.05. The van der Waals surface area contributed by atoms with Gasteiger partial charge in [-0.1, -0.05) is 12.1 Å². The monoisotopic (exact) mass is 150 g/mol. The average Bonchev–Trinajstić information content (AvgIpc) is 2.16. The molecular formula is C8H10N2O. The molecule has 0 heterocycles. The molecule has 0 aliphatic rings. The minimum absolute atomic E-state index is 0.155. The van der Waals surface area contributed by atoms with E-state index in [1.54, 1.807) is 31.3 Å². The van der Waals surface area contributed by atoms with Crippen molar-refractivity contribution in [3.05, 3.63) is 34.5 Å². The van der Waals surface area contributed by atoms with Gasteiger partial charge in [-0.2, -0.15) is 0 Å². The lowest BCUT2D eigenvalue weighted by molar-refractivity contribution is 1.49. The second kappa shape index (κ2) is 3.05. The Bertz CT molecular complexity index is 309. The van der Waals surface area contributed by atoms with Crippen molar-refractivity contribution in [2.75, 3.05) is 18.1 Å². The lowest BCUT2D eigenvalue weighted by atomic mass is 10.4. The van der Waals surface area contributed by atoms with E-state index in [0.29, 0.717) is 5.69 Å². The average molecular weight is 150 g/mol. The van der Waals surface area contributed by atoms with Crippen LogP contribution in [0.25, 0.3) is 0 Å². The van der Waals surface area contributed by atoms with E-state index < -0.39 is 0 Å². The molecule has 0 saturated carbocycles. The molecule has 0 aliphatic carbocycles. The topological polar surface area (TPSA) is 55.1 Å². The fraction of sp³-hybridized carbons (Fsp3) is 0.125. The summed E-state index contributed by atoms with van der Waals surface area (Å²) in [4.78, 5) is 11.2. The van der Waals surface area contributed by atoms with Crippen LogP contribution in [0.15, 0.2) is 29.1 Å². The minimum atomic E-state index is -0.155. The summed E-state index contributed by atoms with van der Waals surface area (Å²) in [6.45, 7) is 0. The van der Waals surface area contributed by atoms with Crippen molar-refractivity contribution in [1.82, 2.24) is 0 Å². The number of anilines is 2. The highest BCUT2D eigenvalue weighted by Crippen LogP contribution is 1.99. The van der Waals surface area contributed by atoms with Crippen molar-refractivity contribution in [3.63, 3.8) is 0 Å². The van der Waals surface area contributed by atoms with Crippen molar-refractivity contribution in [2.45, 2.75) is 0 Å². The van der Waals surface area contributed by atoms with Crippen LogP contribution in [-0.4, -0.2) is 7.05 Å². The van der Waals surface area contributed by atoms with Crippen LogP contribution in [0.4, 0.5) is 11.4 Å². The number of nitrogens with two attached hydrogens (primary N) is 1. The molecule has 0 radical (unpaired) electrons. The van der Waals surface area contributed by atoms with Gasteiger partial charge in [-0.25, -0.2) is 0 Å². The van der Waals surface area contributed by atoms with E-state index in [9.17, 15) is 4.79 Å². The zero-order chi connectivity index (χ0) is 8.27. The van der Waals surface area contributed by atoms with Gasteiger partial charge in [0.25, 0.3) is 0 Å². The molecule has 0 spiro atoms. The number of hydrogen-bond donors (Lipinski definition) is 2. The maximum atomic E-state index is 11.2. The molecule has 3 heteroatoms. The molecule has 3 nitrogen and oxygen atoms in total. The first kappa shape index (κ1) is 7.60. The molecule has 0 atom stereocenters. The first-order chi connectivity index (χ1) is 5.25. The largest absolute Gasteiger partial charge is 0.396 e. The van der Waals surface area contributed by atoms with E-state index in [1.165, 1.54) is 0 Å². The summed E-state index contributed by atoms with van der Waals surface area (Å²) >= 11 is 0. The Balaban J connectivity index is 3.42. The van der Waals surface area contributed by atoms with Crippen LogP contribution in [0.1, 0.15) is 0 Å². The van der Waals surface area contributed by atoms with Gasteiger partial charge < -0.3 is 11.1 Å². The highest BCUT2D eigenvalue weighted by Gasteiger charge is 1.95. The quantitative estimate of drug-likeness (QED) is 0.618. The fourth-order valence-electron chi connectivity index (χ4n) is 0.815. The summed E-state index contributed by atoms with van der Waals surface area (Å²) in [7, 11) is 1.69. The fourth-order valence-corrected chi connectivity index (χ4v) is 0.815. The third kappa shape index (κ3) is 1.49. The minimum Gasteiger partial charge on any atom is -0.396 e. The van der Waals surface area contributed by atoms with Gasteiger partial charge >= 0.3 is 0 Å². The predicted molar refractivity (Wildman–Crippen MR) is 46.7 cm³/mol. The molecule has 0 bridgehead atoms. The van der Waals surface area contributed by atoms with Crippen LogP contribution in [-0.2, 0) is 0 Å². The third-order valence-corrected chi connectivity index (χ3v) is 1.43. The van der Waals surface area contributed by atoms with Crippen LogP contribution in [0.2, 0.25) is 0 Å². The Morgan fingerprint density at radius 3 is 2.64 bits per heavy atom. The smallest absolute Gasteiger partial charge is 0.224 e. The molecule has 0 unspecified atom stereocenters. The lowest BCUT2D eigenvalue weighted by Crippen LogP contribution is -2.09. The van der Waals surface area contributed by atoms with Crippen LogP contribution < -0.4 is 16.5 Å². The molecule has 11 heavy (non-hydrogen) atoms. The number of rotatable bonds is 1. The molecule has 58 valence electrons. The van der Waals surface area contributed by atoms with Gasteiger partial charge in [-0.05, 0) is 12.1 Å². The summed E-state index contributed by atoms with van der Waals surface area (Å²) in [6, 6.07) is 6.78. The summed E-state index contributed by atoms with van der Waals surface area (Å²) < 4.78 is 0. The van der Waals surface area contributed by atoms with E-state index >= 15 is 0 Å². The van der Waals surface area contributed by atoms with E-state index in [0.717, 1.165) is 0 Å². The van der Waals surface area contributed by atoms with Gasteiger partial charge in [0.15, 0.2) is 0 Å². The van der Waals surface area contributed by atoms with Gasteiger partial charge in [0.2, 0.25) is 5.43 Å². The van der Waals surface area contributed by atoms with E-state index in [2.05, 4.69) is 5.32 Å². The van der Waals surface area contributed by atoms with Gasteiger partial charge in [0, 0.05) is 7.05 Å². The molecule has 3 N–H and O–H groups in total. The third-order valence-electron chi connectivity index (χ3n) is 1.43. The van der Waals surface area contributed by atoms with Gasteiger partial charge in [-0.3, -0.25) is 4.79 Å². The zero-order valence-corrected chi connectivity index (χ0v) is 6.29. The van der Waals surface area contributed by atoms with Crippen LogP contribution >= 0.6 is 0 Å². The van der Waals surface area contributed by atoms with Crippen molar-refractivity contribution in [2.24, 2.45) is 0 Å². The van der Waals surface area contributed by atoms with Crippen molar-refractivity contribution < 1.29 is 0 Å². The van der Waals surface area contributed by atoms with Crippen LogP contribution in [0.5, 0.6) is 0 Å². The lowest BCUT2D eigenvalue weighted by Gasteiger charge is -1.92. The predicted octanol–water partition coefficient (Wildman–Crippen LogP) is 0.671. The normalized spacial score (nSPS) is 9.18. The second-order valence-corrected chi connectivity index (χ2v) is 2.17. The molecule has 0 amide bonds. The molecular weight excluding hydrogens is 140 g/mol. The van der Waals surface area contributed by atoms with Gasteiger partial charge in [-0.15, -0.1) is 0 Å². The van der Waals surface area contributed by atoms with Crippen LogP contribution in [0.3, 0.4) is 0 Å². The number of hydrogen-bond acceptors (Lipinski definition) is 3. The zero-order valence-electron chi connectivity index (χ0n) is 6.29. The molecule has 1 rings (SSSR count). The van der Waals surface area contributed by atoms with Gasteiger partial charge in [0.05, 0.1) is 11.4 Å². The summed E-state index contributed by atoms with van der Waals surface area (Å²) in [5, 5.41) is 2.76. The Labute approximate surface area is 64.9 Å². The number of nitrogens with one attached hydrogen (secondary N) is 1. The number of nitrogen functional groups attached to an aromatic ring is 1. The van der Waals surface area contributed by atoms with Crippen molar-refractivity contribution >= 4 is 11.4 Å². The molecule has 0 saturated heterocycles. The molecule has 0 aromatic heterocycles. The van der Waals surface area contributed by atoms with E-state index in [1.807, 2.05) is 0 Å². The Morgan fingerprint density at radius 1 is 1.36 bits per heavy atom. The molecule has 0 fully saturated rings. The molecule has 1 aromatic rings. The first-order valence-corrected chi connectivity index (χ1v) is 3.32. The maximum Gasteiger partial charge on any atom is 0.224 e. The van der Waals surface area contributed by atoms with Crippen LogP contribution in [0, 0.1) is 0 Å².